The van der Waals surface area contributed by atoms with Crippen LogP contribution in [0.1, 0.15) is 0 Å². The second-order valence-electron chi connectivity index (χ2n) is 12.6. The minimum atomic E-state index is -6.98. The van der Waals surface area contributed by atoms with Crippen LogP contribution in [0.25, 0.3) is 89.7 Å². The van der Waals surface area contributed by atoms with Gasteiger partial charge in [-0.05, 0) is 0 Å². The molecule has 5 N–H and O–H groups in total. The van der Waals surface area contributed by atoms with Crippen molar-refractivity contribution in [1.29, 1.82) is 0 Å². The van der Waals surface area contributed by atoms with Crippen LogP contribution in [0.5, 0.6) is 5.75 Å². The van der Waals surface area contributed by atoms with Gasteiger partial charge in [-0.2, -0.15) is 0 Å². The number of carboxylic acid groups (broad SMARTS) is 3. The topological polar surface area (TPSA) is 247 Å². The summed E-state index contributed by atoms with van der Waals surface area (Å²) in [5.41, 5.74) is 3.89. The summed E-state index contributed by atoms with van der Waals surface area (Å²) < 4.78 is -3.09. The summed E-state index contributed by atoms with van der Waals surface area (Å²) in [5, 5.41) is 31.3. The number of nitrogens with zero attached hydrogens (tertiary/aromatic N) is 6. The number of aromatic amines is 2. The third kappa shape index (κ3) is 4.71. The van der Waals surface area contributed by atoms with E-state index in [4.69, 9.17) is 34.6 Å². The van der Waals surface area contributed by atoms with Crippen molar-refractivity contribution in [1.82, 2.24) is 39.9 Å². The van der Waals surface area contributed by atoms with Crippen LogP contribution in [0.3, 0.4) is 0 Å². The van der Waals surface area contributed by atoms with E-state index in [0.717, 1.165) is 10.8 Å². The van der Waals surface area contributed by atoms with Crippen molar-refractivity contribution in [3.63, 3.8) is 0 Å². The summed E-state index contributed by atoms with van der Waals surface area (Å²) in [4.78, 5) is 85.3. The first-order chi connectivity index (χ1) is 25.6. The molecule has 3 aromatic heterocycles. The van der Waals surface area contributed by atoms with E-state index in [1.807, 2.05) is 60.7 Å². The van der Waals surface area contributed by atoms with Gasteiger partial charge in [0.25, 0.3) is 0 Å². The van der Waals surface area contributed by atoms with Crippen LogP contribution >= 0.6 is 0 Å². The van der Waals surface area contributed by atoms with Crippen molar-refractivity contribution >= 4 is 62.4 Å². The first-order valence-electron chi connectivity index (χ1n) is 16.2. The molecule has 0 atom stereocenters. The Morgan fingerprint density at radius 2 is 0.849 bits per heavy atom. The summed E-state index contributed by atoms with van der Waals surface area (Å²) in [6.07, 6.45) is 0. The van der Waals surface area contributed by atoms with E-state index in [0.29, 0.717) is 50.6 Å². The monoisotopic (exact) mass is 756 g/mol. The van der Waals surface area contributed by atoms with Crippen molar-refractivity contribution in [3.05, 3.63) is 91.0 Å². The van der Waals surface area contributed by atoms with E-state index < -0.39 is 33.0 Å². The van der Waals surface area contributed by atoms with Gasteiger partial charge in [-0.15, -0.1) is 0 Å². The fraction of sp³-hybridized carbons (Fsp3) is 0. The van der Waals surface area contributed by atoms with Crippen LogP contribution in [0.15, 0.2) is 91.0 Å². The van der Waals surface area contributed by atoms with Gasteiger partial charge in [0.1, 0.15) is 0 Å². The zero-order valence-electron chi connectivity index (χ0n) is 26.9. The van der Waals surface area contributed by atoms with E-state index in [2.05, 4.69) is 9.97 Å². The molecule has 5 heterocycles. The zero-order valence-corrected chi connectivity index (χ0v) is 29.9. The van der Waals surface area contributed by atoms with Crippen molar-refractivity contribution in [2.75, 3.05) is 0 Å². The number of carbonyl (C=O) groups excluding carboxylic acids is 1. The average Bonchev–Trinajstić information content (AvgIpc) is 3.87. The molecule has 0 saturated heterocycles. The molecule has 2 aliphatic heterocycles. The van der Waals surface area contributed by atoms with E-state index in [1.165, 1.54) is 12.1 Å². The molecular weight excluding hydrogens is 738 g/mol. The number of H-pyrrole nitrogens is 2. The molecule has 0 fully saturated rings. The molecule has 0 saturated carbocycles. The second kappa shape index (κ2) is 11.6. The Bertz CT molecular complexity index is 2940. The molecule has 9 rings (SSSR count). The van der Waals surface area contributed by atoms with Crippen LogP contribution in [0.2, 0.25) is 0 Å². The van der Waals surface area contributed by atoms with Crippen LogP contribution in [-0.2, 0) is 14.8 Å². The maximum atomic E-state index is 13.4. The summed E-state index contributed by atoms with van der Waals surface area (Å²) in [6, 6.07) is 26.7. The van der Waals surface area contributed by atoms with Crippen molar-refractivity contribution in [2.45, 2.75) is 0 Å². The van der Waals surface area contributed by atoms with Gasteiger partial charge in [0.05, 0.1) is 0 Å². The van der Waals surface area contributed by atoms with Crippen LogP contribution < -0.4 is 4.74 Å². The Morgan fingerprint density at radius 3 is 1.30 bits per heavy atom. The summed E-state index contributed by atoms with van der Waals surface area (Å²) in [6.45, 7) is 0. The van der Waals surface area contributed by atoms with Gasteiger partial charge in [-0.1, -0.05) is 24.3 Å². The second-order valence-corrected chi connectivity index (χ2v) is 22.1. The molecule has 0 amide bonds. The Labute approximate surface area is 297 Å². The number of benzene rings is 4. The average molecular weight is 758 g/mol. The molecule has 53 heavy (non-hydrogen) atoms. The molecule has 17 heteroatoms. The molecule has 0 radical (unpaired) electrons. The molecule has 0 aliphatic carbocycles. The van der Waals surface area contributed by atoms with E-state index in [9.17, 15) is 34.5 Å². The quantitative estimate of drug-likeness (QED) is 0.106. The van der Waals surface area contributed by atoms with Gasteiger partial charge in [0.15, 0.2) is 0 Å². The summed E-state index contributed by atoms with van der Waals surface area (Å²) in [5.74, 6) is 0.857. The first kappa shape index (κ1) is 31.7. The van der Waals surface area contributed by atoms with Gasteiger partial charge < -0.3 is 0 Å². The van der Waals surface area contributed by atoms with Gasteiger partial charge in [0.2, 0.25) is 0 Å². The Kier molecular flexibility index (Phi) is 6.97. The number of rotatable bonds is 5. The molecule has 7 aromatic rings. The third-order valence-electron chi connectivity index (χ3n) is 9.56. The molecule has 254 valence electrons. The molecular formula is C36H20N8O8Zn. The van der Waals surface area contributed by atoms with Gasteiger partial charge in [-0.3, -0.25) is 0 Å². The molecule has 8 bridgehead atoms. The Balaban J connectivity index is 1.41. The fourth-order valence-corrected chi connectivity index (χ4v) is 10.7. The number of hydrogen-bond acceptors (Lipinski definition) is 11. The van der Waals surface area contributed by atoms with Crippen LogP contribution in [0, 0.1) is 0 Å². The number of carbonyl (C=O) groups is 4. The molecule has 2 aliphatic rings. The van der Waals surface area contributed by atoms with Crippen molar-refractivity contribution < 1.29 is 54.0 Å². The number of fused-ring (bicyclic) bond motifs is 20. The fourth-order valence-electron chi connectivity index (χ4n) is 6.73. The molecule has 16 nitrogen and oxygen atoms in total. The number of nitrogens with one attached hydrogen (secondary N) is 2. The number of hydrogen-bond donors (Lipinski definition) is 5. The first-order valence-corrected chi connectivity index (χ1v) is 22.2. The SMILES string of the molecule is O=[C](O)[Zn]([C](=O)O)([C](=O)O)[C](=O)Oc1cccc2c3nc4nc(nc5[nH]c(nc6nc(nc([nH]3)c12)-c1ccccc1-6)c1ccccc51)-c1ccccc1-4. The predicted molar refractivity (Wildman–Crippen MR) is 186 cm³/mol. The number of ether oxygens (including phenoxy) is 1. The van der Waals surface area contributed by atoms with Crippen molar-refractivity contribution in [3.8, 4) is 51.3 Å². The maximum absolute atomic E-state index is 13.4. The standard InChI is InChI=1S/C33H17N8O2.3CHO2.Zn/c42-16-43-24-15-7-14-23-25(24)33-40-31-22-13-6-5-12-21(22)29(38-31)36-27-18-9-2-1-8-17(18)26(34-27)35-28-19-10-3-4-11-20(19)30(37-28)39-32(23)41-33;3*2-1-3;/h1-15H,(H2,34,35,36,37,38,39,40,41);3*(H,2,3);. The normalized spacial score (nSPS) is 11.6. The molecule has 4 aromatic carbocycles. The minimum absolute atomic E-state index is 0.0419. The van der Waals surface area contributed by atoms with E-state index >= 15 is 0 Å². The van der Waals surface area contributed by atoms with Crippen LogP contribution in [0.4, 0.5) is 19.2 Å². The molecule has 0 spiro atoms. The Hall–Kier alpha value is -7.26. The third-order valence-corrected chi connectivity index (χ3v) is 17.4. The van der Waals surface area contributed by atoms with E-state index in [-0.39, 0.29) is 34.1 Å². The zero-order chi connectivity index (χ0) is 36.6. The summed E-state index contributed by atoms with van der Waals surface area (Å²) >= 11 is -6.98. The van der Waals surface area contributed by atoms with Gasteiger partial charge in [-0.25, -0.2) is 0 Å². The van der Waals surface area contributed by atoms with E-state index in [1.54, 1.807) is 18.2 Å². The Morgan fingerprint density at radius 1 is 0.472 bits per heavy atom. The van der Waals surface area contributed by atoms with Crippen LogP contribution in [-0.4, -0.2) is 73.4 Å². The summed E-state index contributed by atoms with van der Waals surface area (Å²) in [7, 11) is 0. The van der Waals surface area contributed by atoms with Gasteiger partial charge in [0, 0.05) is 5.39 Å². The molecule has 0 unspecified atom stereocenters. The van der Waals surface area contributed by atoms with Crippen molar-refractivity contribution in [2.24, 2.45) is 0 Å². The number of aromatic nitrogens is 8. The predicted octanol–water partition coefficient (Wildman–Crippen LogP) is 7.56. The van der Waals surface area contributed by atoms with Gasteiger partial charge >= 0.3 is 269 Å².